The summed E-state index contributed by atoms with van der Waals surface area (Å²) in [6, 6.07) is 10.00. The summed E-state index contributed by atoms with van der Waals surface area (Å²) < 4.78 is 7.48. The Balaban J connectivity index is 1.82. The Morgan fingerprint density at radius 2 is 2.09 bits per heavy atom. The Morgan fingerprint density at radius 3 is 2.68 bits per heavy atom. The van der Waals surface area contributed by atoms with Crippen molar-refractivity contribution in [2.45, 2.75) is 44.9 Å². The monoisotopic (exact) mass is 296 g/mol. The van der Waals surface area contributed by atoms with Crippen molar-refractivity contribution in [3.8, 4) is 17.5 Å². The van der Waals surface area contributed by atoms with Crippen LogP contribution >= 0.6 is 0 Å². The highest BCUT2D eigenvalue weighted by atomic mass is 16.5. The van der Waals surface area contributed by atoms with Gasteiger partial charge in [-0.3, -0.25) is 0 Å². The Labute approximate surface area is 130 Å². The highest BCUT2D eigenvalue weighted by Gasteiger charge is 2.28. The number of ether oxygens (including phenoxy) is 1. The summed E-state index contributed by atoms with van der Waals surface area (Å²) in [5, 5.41) is 17.4. The summed E-state index contributed by atoms with van der Waals surface area (Å²) in [6.45, 7) is 2.89. The fourth-order valence-electron chi connectivity index (χ4n) is 2.63. The molecule has 0 aliphatic heterocycles. The van der Waals surface area contributed by atoms with Crippen molar-refractivity contribution in [2.24, 2.45) is 0 Å². The molecule has 1 aliphatic carbocycles. The van der Waals surface area contributed by atoms with Gasteiger partial charge < -0.3 is 4.74 Å². The molecule has 0 bridgehead atoms. The number of hydrogen-bond acceptors (Lipinski definition) is 4. The second-order valence-corrected chi connectivity index (χ2v) is 5.67. The molecular formula is C17H20N4O. The van der Waals surface area contributed by atoms with E-state index < -0.39 is 0 Å². The first-order valence-electron chi connectivity index (χ1n) is 7.92. The molecule has 0 spiro atoms. The van der Waals surface area contributed by atoms with Crippen molar-refractivity contribution in [3.63, 3.8) is 0 Å². The molecule has 114 valence electrons. The molecular weight excluding hydrogens is 276 g/mol. The van der Waals surface area contributed by atoms with E-state index in [-0.39, 0.29) is 0 Å². The molecule has 0 amide bonds. The molecule has 3 rings (SSSR count). The van der Waals surface area contributed by atoms with Gasteiger partial charge in [-0.2, -0.15) is 5.26 Å². The molecule has 1 fully saturated rings. The van der Waals surface area contributed by atoms with E-state index in [1.165, 1.54) is 6.42 Å². The molecule has 2 aromatic rings. The Hall–Kier alpha value is -2.35. The van der Waals surface area contributed by atoms with Crippen LogP contribution in [0.3, 0.4) is 0 Å². The summed E-state index contributed by atoms with van der Waals surface area (Å²) in [4.78, 5) is 0. The van der Waals surface area contributed by atoms with Crippen LogP contribution in [0.5, 0.6) is 5.75 Å². The Kier molecular flexibility index (Phi) is 4.38. The van der Waals surface area contributed by atoms with Crippen LogP contribution < -0.4 is 4.74 Å². The van der Waals surface area contributed by atoms with Crippen LogP contribution in [0.1, 0.15) is 56.3 Å². The molecule has 1 aromatic carbocycles. The number of unbranched alkanes of at least 4 members (excludes halogenated alkanes) is 1. The van der Waals surface area contributed by atoms with Crippen molar-refractivity contribution in [1.29, 1.82) is 5.26 Å². The maximum absolute atomic E-state index is 9.23. The first-order valence-corrected chi connectivity index (χ1v) is 7.92. The lowest BCUT2D eigenvalue weighted by Gasteiger charge is -2.25. The third-order valence-electron chi connectivity index (χ3n) is 4.15. The number of hydrogen-bond donors (Lipinski definition) is 0. The third kappa shape index (κ3) is 2.82. The normalized spacial score (nSPS) is 14.4. The third-order valence-corrected chi connectivity index (χ3v) is 4.15. The van der Waals surface area contributed by atoms with Crippen molar-refractivity contribution in [2.75, 3.05) is 6.61 Å². The molecule has 1 aliphatic rings. The van der Waals surface area contributed by atoms with Gasteiger partial charge in [-0.25, -0.2) is 4.68 Å². The molecule has 5 nitrogen and oxygen atoms in total. The van der Waals surface area contributed by atoms with E-state index in [2.05, 4.69) is 23.3 Å². The molecule has 0 radical (unpaired) electrons. The van der Waals surface area contributed by atoms with E-state index in [1.807, 2.05) is 24.3 Å². The van der Waals surface area contributed by atoms with E-state index in [1.54, 1.807) is 4.68 Å². The zero-order chi connectivity index (χ0) is 15.4. The molecule has 1 aromatic heterocycles. The van der Waals surface area contributed by atoms with Gasteiger partial charge in [0.15, 0.2) is 5.69 Å². The van der Waals surface area contributed by atoms with Crippen LogP contribution in [0.15, 0.2) is 24.3 Å². The van der Waals surface area contributed by atoms with Crippen molar-refractivity contribution >= 4 is 0 Å². The fraction of sp³-hybridized carbons (Fsp3) is 0.471. The average Bonchev–Trinajstić information content (AvgIpc) is 2.90. The molecule has 0 unspecified atom stereocenters. The van der Waals surface area contributed by atoms with Crippen LogP contribution in [-0.4, -0.2) is 21.6 Å². The number of nitrogens with zero attached hydrogens (tertiary/aromatic N) is 4. The summed E-state index contributed by atoms with van der Waals surface area (Å²) >= 11 is 0. The fourth-order valence-corrected chi connectivity index (χ4v) is 2.63. The Morgan fingerprint density at radius 1 is 1.32 bits per heavy atom. The molecule has 1 saturated carbocycles. The van der Waals surface area contributed by atoms with E-state index in [4.69, 9.17) is 4.74 Å². The van der Waals surface area contributed by atoms with Crippen molar-refractivity contribution in [3.05, 3.63) is 35.7 Å². The Bertz CT molecular complexity index is 665. The summed E-state index contributed by atoms with van der Waals surface area (Å²) in [7, 11) is 0. The standard InChI is InChI=1S/C17H20N4O/c1-2-3-11-22-15-9-7-14(8-10-15)21-17(13-5-4-6-13)16(12-18)19-20-21/h7-10,13H,2-6,11H2,1H3. The quantitative estimate of drug-likeness (QED) is 0.764. The van der Waals surface area contributed by atoms with Gasteiger partial charge in [-0.15, -0.1) is 5.10 Å². The number of rotatable bonds is 6. The number of benzene rings is 1. The molecule has 5 heteroatoms. The van der Waals surface area contributed by atoms with E-state index in [9.17, 15) is 5.26 Å². The number of nitriles is 1. The largest absolute Gasteiger partial charge is 0.494 e. The second kappa shape index (κ2) is 6.61. The zero-order valence-corrected chi connectivity index (χ0v) is 12.8. The minimum Gasteiger partial charge on any atom is -0.494 e. The van der Waals surface area contributed by atoms with Crippen LogP contribution in [-0.2, 0) is 0 Å². The highest BCUT2D eigenvalue weighted by Crippen LogP contribution is 2.38. The summed E-state index contributed by atoms with van der Waals surface area (Å²) in [5.41, 5.74) is 2.33. The van der Waals surface area contributed by atoms with Crippen LogP contribution in [0, 0.1) is 11.3 Å². The SMILES string of the molecule is CCCCOc1ccc(-n2nnc(C#N)c2C2CCC2)cc1. The first kappa shape index (κ1) is 14.6. The van der Waals surface area contributed by atoms with Gasteiger partial charge in [0.05, 0.1) is 18.0 Å². The van der Waals surface area contributed by atoms with Gasteiger partial charge >= 0.3 is 0 Å². The van der Waals surface area contributed by atoms with Gasteiger partial charge in [0.25, 0.3) is 0 Å². The van der Waals surface area contributed by atoms with Gasteiger partial charge in [0.1, 0.15) is 11.8 Å². The first-order chi connectivity index (χ1) is 10.8. The molecule has 0 N–H and O–H groups in total. The van der Waals surface area contributed by atoms with E-state index in [0.29, 0.717) is 11.6 Å². The predicted octanol–water partition coefficient (Wildman–Crippen LogP) is 3.59. The van der Waals surface area contributed by atoms with Gasteiger partial charge in [0, 0.05) is 5.92 Å². The van der Waals surface area contributed by atoms with Crippen LogP contribution in [0.4, 0.5) is 0 Å². The molecule has 0 atom stereocenters. The van der Waals surface area contributed by atoms with E-state index >= 15 is 0 Å². The van der Waals surface area contributed by atoms with Crippen LogP contribution in [0.2, 0.25) is 0 Å². The predicted molar refractivity (Wildman–Crippen MR) is 83.1 cm³/mol. The minimum atomic E-state index is 0.408. The zero-order valence-electron chi connectivity index (χ0n) is 12.8. The lowest BCUT2D eigenvalue weighted by Crippen LogP contribution is -2.15. The average molecular weight is 296 g/mol. The smallest absolute Gasteiger partial charge is 0.186 e. The highest BCUT2D eigenvalue weighted by molar-refractivity contribution is 5.41. The molecule has 22 heavy (non-hydrogen) atoms. The second-order valence-electron chi connectivity index (χ2n) is 5.67. The number of aromatic nitrogens is 3. The summed E-state index contributed by atoms with van der Waals surface area (Å²) in [6.07, 6.45) is 5.62. The maximum atomic E-state index is 9.23. The lowest BCUT2D eigenvalue weighted by molar-refractivity contribution is 0.309. The molecule has 1 heterocycles. The van der Waals surface area contributed by atoms with Crippen molar-refractivity contribution in [1.82, 2.24) is 15.0 Å². The van der Waals surface area contributed by atoms with Gasteiger partial charge in [-0.05, 0) is 43.5 Å². The van der Waals surface area contributed by atoms with Gasteiger partial charge in [-0.1, -0.05) is 25.0 Å². The summed E-state index contributed by atoms with van der Waals surface area (Å²) in [5.74, 6) is 1.27. The van der Waals surface area contributed by atoms with Gasteiger partial charge in [0.2, 0.25) is 0 Å². The maximum Gasteiger partial charge on any atom is 0.186 e. The topological polar surface area (TPSA) is 63.7 Å². The van der Waals surface area contributed by atoms with E-state index in [0.717, 1.165) is 49.4 Å². The molecule has 0 saturated heterocycles. The minimum absolute atomic E-state index is 0.408. The van der Waals surface area contributed by atoms with Crippen molar-refractivity contribution < 1.29 is 4.74 Å². The lowest BCUT2D eigenvalue weighted by atomic mass is 9.82. The van der Waals surface area contributed by atoms with Crippen LogP contribution in [0.25, 0.3) is 5.69 Å².